The van der Waals surface area contributed by atoms with E-state index in [1.807, 2.05) is 25.7 Å². The molecule has 0 radical (unpaired) electrons. The Bertz CT molecular complexity index is 436. The third kappa shape index (κ3) is 4.08. The van der Waals surface area contributed by atoms with Gasteiger partial charge in [-0.05, 0) is 27.2 Å². The zero-order valence-electron chi connectivity index (χ0n) is 12.9. The molecule has 1 aromatic heterocycles. The van der Waals surface area contributed by atoms with Crippen LogP contribution in [0.15, 0.2) is 6.33 Å². The molecule has 0 bridgehead atoms. The largest absolute Gasteiger partial charge is 0.370 e. The summed E-state index contributed by atoms with van der Waals surface area (Å²) in [5.41, 5.74) is 1.06. The van der Waals surface area contributed by atoms with E-state index in [2.05, 4.69) is 27.5 Å². The molecule has 2 N–H and O–H groups in total. The molecule has 0 fully saturated rings. The highest BCUT2D eigenvalue weighted by atomic mass is 16.2. The third-order valence-corrected chi connectivity index (χ3v) is 3.01. The molecular formula is C14H25N5O. The lowest BCUT2D eigenvalue weighted by atomic mass is 10.2. The molecule has 0 atom stereocenters. The molecule has 112 valence electrons. The Hall–Kier alpha value is -1.85. The van der Waals surface area contributed by atoms with E-state index < -0.39 is 0 Å². The van der Waals surface area contributed by atoms with Crippen LogP contribution in [0.5, 0.6) is 0 Å². The predicted molar refractivity (Wildman–Crippen MR) is 82.1 cm³/mol. The number of hydrogen-bond acceptors (Lipinski definition) is 5. The van der Waals surface area contributed by atoms with Gasteiger partial charge in [-0.2, -0.15) is 0 Å². The van der Waals surface area contributed by atoms with Crippen LogP contribution in [0.2, 0.25) is 0 Å². The van der Waals surface area contributed by atoms with Gasteiger partial charge in [0.2, 0.25) is 5.91 Å². The molecule has 6 nitrogen and oxygen atoms in total. The molecule has 0 aromatic carbocycles. The van der Waals surface area contributed by atoms with Crippen molar-refractivity contribution in [2.75, 3.05) is 36.4 Å². The topological polar surface area (TPSA) is 70.2 Å². The van der Waals surface area contributed by atoms with Crippen molar-refractivity contribution < 1.29 is 4.79 Å². The number of likely N-dealkylation sites (N-methyl/N-ethyl adjacent to an activating group) is 2. The number of hydrogen-bond donors (Lipinski definition) is 2. The smallest absolute Gasteiger partial charge is 0.239 e. The van der Waals surface area contributed by atoms with Crippen LogP contribution in [0.1, 0.15) is 33.3 Å². The first kappa shape index (κ1) is 16.2. The van der Waals surface area contributed by atoms with Crippen molar-refractivity contribution in [3.63, 3.8) is 0 Å². The molecule has 0 unspecified atom stereocenters. The van der Waals surface area contributed by atoms with Gasteiger partial charge in [-0.3, -0.25) is 4.79 Å². The summed E-state index contributed by atoms with van der Waals surface area (Å²) in [7, 11) is 0. The van der Waals surface area contributed by atoms with E-state index >= 15 is 0 Å². The molecule has 1 heterocycles. The molecule has 0 aliphatic heterocycles. The van der Waals surface area contributed by atoms with Gasteiger partial charge < -0.3 is 15.5 Å². The minimum absolute atomic E-state index is 0.0139. The maximum absolute atomic E-state index is 11.8. The van der Waals surface area contributed by atoms with Crippen molar-refractivity contribution in [1.29, 1.82) is 0 Å². The Balaban J connectivity index is 3.01. The highest BCUT2D eigenvalue weighted by Gasteiger charge is 2.17. The van der Waals surface area contributed by atoms with Crippen LogP contribution in [0, 0.1) is 0 Å². The summed E-state index contributed by atoms with van der Waals surface area (Å²) in [4.78, 5) is 22.4. The standard InChI is InChI=1S/C14H25N5O/c1-5-11-13(16-7-3)17-10-18-14(11)19(8-4)9-12(20)15-6-2/h10H,5-9H2,1-4H3,(H,15,20)(H,16,17,18). The van der Waals surface area contributed by atoms with Gasteiger partial charge in [-0.25, -0.2) is 9.97 Å². The molecule has 0 saturated carbocycles. The Labute approximate surface area is 121 Å². The minimum atomic E-state index is 0.0139. The molecule has 20 heavy (non-hydrogen) atoms. The fourth-order valence-electron chi connectivity index (χ4n) is 2.08. The lowest BCUT2D eigenvalue weighted by Gasteiger charge is -2.24. The summed E-state index contributed by atoms with van der Waals surface area (Å²) >= 11 is 0. The minimum Gasteiger partial charge on any atom is -0.370 e. The normalized spacial score (nSPS) is 10.2. The number of rotatable bonds is 8. The second kappa shape index (κ2) is 8.35. The van der Waals surface area contributed by atoms with Crippen LogP contribution < -0.4 is 15.5 Å². The van der Waals surface area contributed by atoms with Gasteiger partial charge in [0.05, 0.1) is 6.54 Å². The number of carbonyl (C=O) groups excluding carboxylic acids is 1. The summed E-state index contributed by atoms with van der Waals surface area (Å²) in [6, 6.07) is 0. The molecule has 1 amide bonds. The van der Waals surface area contributed by atoms with Gasteiger partial charge >= 0.3 is 0 Å². The van der Waals surface area contributed by atoms with Crippen molar-refractivity contribution in [1.82, 2.24) is 15.3 Å². The summed E-state index contributed by atoms with van der Waals surface area (Å²) in [6.07, 6.45) is 2.37. The molecule has 0 saturated heterocycles. The average molecular weight is 279 g/mol. The van der Waals surface area contributed by atoms with E-state index in [1.165, 1.54) is 0 Å². The van der Waals surface area contributed by atoms with Crippen molar-refractivity contribution in [2.24, 2.45) is 0 Å². The molecule has 1 aromatic rings. The molecule has 0 aliphatic rings. The first-order chi connectivity index (χ1) is 9.67. The number of amides is 1. The van der Waals surface area contributed by atoms with E-state index in [0.29, 0.717) is 13.1 Å². The monoisotopic (exact) mass is 279 g/mol. The third-order valence-electron chi connectivity index (χ3n) is 3.01. The van der Waals surface area contributed by atoms with Crippen LogP contribution in [0.25, 0.3) is 0 Å². The van der Waals surface area contributed by atoms with Crippen LogP contribution in [-0.2, 0) is 11.2 Å². The Kier molecular flexibility index (Phi) is 6.76. The fourth-order valence-corrected chi connectivity index (χ4v) is 2.08. The first-order valence-corrected chi connectivity index (χ1v) is 7.27. The number of nitrogens with one attached hydrogen (secondary N) is 2. The summed E-state index contributed by atoms with van der Waals surface area (Å²) in [5, 5.41) is 6.06. The zero-order valence-corrected chi connectivity index (χ0v) is 12.9. The first-order valence-electron chi connectivity index (χ1n) is 7.27. The molecule has 6 heteroatoms. The van der Waals surface area contributed by atoms with Gasteiger partial charge in [0.25, 0.3) is 0 Å². The maximum atomic E-state index is 11.8. The SMILES string of the molecule is CCNC(=O)CN(CC)c1ncnc(NCC)c1CC. The number of anilines is 2. The Morgan fingerprint density at radius 2 is 1.95 bits per heavy atom. The fraction of sp³-hybridized carbons (Fsp3) is 0.643. The van der Waals surface area contributed by atoms with Crippen molar-refractivity contribution >= 4 is 17.5 Å². The zero-order chi connectivity index (χ0) is 15.0. The van der Waals surface area contributed by atoms with E-state index in [4.69, 9.17) is 0 Å². The Morgan fingerprint density at radius 1 is 1.20 bits per heavy atom. The van der Waals surface area contributed by atoms with Crippen LogP contribution >= 0.6 is 0 Å². The van der Waals surface area contributed by atoms with E-state index in [-0.39, 0.29) is 5.91 Å². The predicted octanol–water partition coefficient (Wildman–Crippen LogP) is 1.43. The lowest BCUT2D eigenvalue weighted by molar-refractivity contribution is -0.119. The average Bonchev–Trinajstić information content (AvgIpc) is 2.45. The molecule has 0 aliphatic carbocycles. The van der Waals surface area contributed by atoms with Crippen molar-refractivity contribution in [3.8, 4) is 0 Å². The molecule has 1 rings (SSSR count). The number of carbonyl (C=O) groups is 1. The maximum Gasteiger partial charge on any atom is 0.239 e. The van der Waals surface area contributed by atoms with E-state index in [0.717, 1.165) is 36.7 Å². The molecule has 0 spiro atoms. The highest BCUT2D eigenvalue weighted by molar-refractivity contribution is 5.81. The van der Waals surface area contributed by atoms with Crippen molar-refractivity contribution in [3.05, 3.63) is 11.9 Å². The van der Waals surface area contributed by atoms with Gasteiger partial charge in [-0.1, -0.05) is 6.92 Å². The van der Waals surface area contributed by atoms with Crippen LogP contribution in [-0.4, -0.2) is 42.1 Å². The van der Waals surface area contributed by atoms with Gasteiger partial charge in [0.15, 0.2) is 0 Å². The van der Waals surface area contributed by atoms with Crippen molar-refractivity contribution in [2.45, 2.75) is 34.1 Å². The van der Waals surface area contributed by atoms with Gasteiger partial charge in [0.1, 0.15) is 18.0 Å². The van der Waals surface area contributed by atoms with Crippen LogP contribution in [0.3, 0.4) is 0 Å². The second-order valence-corrected chi connectivity index (χ2v) is 4.38. The summed E-state index contributed by atoms with van der Waals surface area (Å²) in [5.74, 6) is 1.71. The molecular weight excluding hydrogens is 254 g/mol. The summed E-state index contributed by atoms with van der Waals surface area (Å²) < 4.78 is 0. The summed E-state index contributed by atoms with van der Waals surface area (Å²) in [6.45, 7) is 10.5. The number of aromatic nitrogens is 2. The number of nitrogens with zero attached hydrogens (tertiary/aromatic N) is 3. The van der Waals surface area contributed by atoms with Gasteiger partial charge in [0, 0.05) is 25.2 Å². The van der Waals surface area contributed by atoms with E-state index in [9.17, 15) is 4.79 Å². The second-order valence-electron chi connectivity index (χ2n) is 4.38. The quantitative estimate of drug-likeness (QED) is 0.753. The van der Waals surface area contributed by atoms with Crippen LogP contribution in [0.4, 0.5) is 11.6 Å². The van der Waals surface area contributed by atoms with Gasteiger partial charge in [-0.15, -0.1) is 0 Å². The Morgan fingerprint density at radius 3 is 2.50 bits per heavy atom. The van der Waals surface area contributed by atoms with E-state index in [1.54, 1.807) is 6.33 Å². The lowest BCUT2D eigenvalue weighted by Crippen LogP contribution is -2.38. The highest BCUT2D eigenvalue weighted by Crippen LogP contribution is 2.23.